The number of fused-ring (bicyclic) bond motifs is 1. The van der Waals surface area contributed by atoms with Crippen LogP contribution in [0, 0.1) is 6.92 Å². The molecule has 2 aromatic rings. The molecule has 1 aliphatic heterocycles. The molecule has 1 aromatic heterocycles. The van der Waals surface area contributed by atoms with E-state index in [-0.39, 0.29) is 11.8 Å². The minimum absolute atomic E-state index is 0.0462. The van der Waals surface area contributed by atoms with E-state index in [0.717, 1.165) is 68.7 Å². The molecule has 0 atom stereocenters. The van der Waals surface area contributed by atoms with Crippen molar-refractivity contribution in [2.24, 2.45) is 0 Å². The van der Waals surface area contributed by atoms with Crippen LogP contribution in [0.5, 0.6) is 0 Å². The van der Waals surface area contributed by atoms with E-state index < -0.39 is 0 Å². The van der Waals surface area contributed by atoms with Gasteiger partial charge in [0.25, 0.3) is 5.91 Å². The lowest BCUT2D eigenvalue weighted by Gasteiger charge is -2.26. The number of hydrogen-bond acceptors (Lipinski definition) is 5. The Morgan fingerprint density at radius 1 is 1.14 bits per heavy atom. The first kappa shape index (κ1) is 20.1. The number of aryl methyl sites for hydroxylation is 2. The fraction of sp³-hybridized carbons (Fsp3) is 0.455. The number of carbonyl (C=O) groups excluding carboxylic acids is 2. The first-order chi connectivity index (χ1) is 14.1. The summed E-state index contributed by atoms with van der Waals surface area (Å²) in [6.45, 7) is 5.92. The summed E-state index contributed by atoms with van der Waals surface area (Å²) >= 11 is 1.57. The number of benzene rings is 1. The molecule has 1 fully saturated rings. The molecular formula is C22H28N4O2S. The number of piperazine rings is 1. The molecule has 1 aliphatic carbocycles. The van der Waals surface area contributed by atoms with Gasteiger partial charge in [-0.3, -0.25) is 14.5 Å². The molecule has 3 N–H and O–H groups in total. The van der Waals surface area contributed by atoms with E-state index in [1.165, 1.54) is 4.88 Å². The molecule has 6 nitrogen and oxygen atoms in total. The fourth-order valence-electron chi connectivity index (χ4n) is 4.05. The van der Waals surface area contributed by atoms with Gasteiger partial charge in [0.15, 0.2) is 0 Å². The maximum Gasteiger partial charge on any atom is 0.258 e. The number of hydrogen-bond donors (Lipinski definition) is 3. The second kappa shape index (κ2) is 9.07. The van der Waals surface area contributed by atoms with Gasteiger partial charge in [-0.25, -0.2) is 0 Å². The van der Waals surface area contributed by atoms with Gasteiger partial charge in [0, 0.05) is 36.7 Å². The molecule has 2 heterocycles. The van der Waals surface area contributed by atoms with Crippen LogP contribution in [0.3, 0.4) is 0 Å². The van der Waals surface area contributed by atoms with Crippen molar-refractivity contribution >= 4 is 33.8 Å². The Morgan fingerprint density at radius 3 is 2.72 bits per heavy atom. The van der Waals surface area contributed by atoms with E-state index in [1.54, 1.807) is 11.3 Å². The zero-order chi connectivity index (χ0) is 20.2. The molecule has 29 heavy (non-hydrogen) atoms. The predicted molar refractivity (Wildman–Crippen MR) is 118 cm³/mol. The molecule has 0 spiro atoms. The molecule has 4 rings (SSSR count). The smallest absolute Gasteiger partial charge is 0.258 e. The topological polar surface area (TPSA) is 73.5 Å². The lowest BCUT2D eigenvalue weighted by atomic mass is 9.95. The molecule has 1 aromatic carbocycles. The Bertz CT molecular complexity index is 902. The van der Waals surface area contributed by atoms with Crippen molar-refractivity contribution in [1.29, 1.82) is 0 Å². The zero-order valence-corrected chi connectivity index (χ0v) is 17.7. The fourth-order valence-corrected chi connectivity index (χ4v) is 5.35. The highest BCUT2D eigenvalue weighted by molar-refractivity contribution is 7.17. The van der Waals surface area contributed by atoms with Crippen LogP contribution in [-0.4, -0.2) is 49.4 Å². The highest BCUT2D eigenvalue weighted by atomic mass is 32.1. The SMILES string of the molecule is Cc1cccc(NC(=O)c2c(NC(=O)CN3CCNCC3)sc3c2CCCC3)c1. The number of anilines is 2. The van der Waals surface area contributed by atoms with Gasteiger partial charge >= 0.3 is 0 Å². The Hall–Kier alpha value is -2.22. The van der Waals surface area contributed by atoms with Gasteiger partial charge in [0.1, 0.15) is 5.00 Å². The van der Waals surface area contributed by atoms with Crippen LogP contribution in [0.15, 0.2) is 24.3 Å². The van der Waals surface area contributed by atoms with Gasteiger partial charge in [-0.15, -0.1) is 11.3 Å². The van der Waals surface area contributed by atoms with E-state index in [4.69, 9.17) is 0 Å². The standard InChI is InChI=1S/C22H28N4O2S/c1-15-5-4-6-16(13-15)24-21(28)20-17-7-2-3-8-18(17)29-22(20)25-19(27)14-26-11-9-23-10-12-26/h4-6,13,23H,2-3,7-12,14H2,1H3,(H,24,28)(H,25,27). The second-order valence-corrected chi connectivity index (χ2v) is 8.92. The number of amides is 2. The van der Waals surface area contributed by atoms with Gasteiger partial charge in [-0.05, 0) is 55.9 Å². The number of nitrogens with one attached hydrogen (secondary N) is 3. The van der Waals surface area contributed by atoms with Gasteiger partial charge in [0.05, 0.1) is 12.1 Å². The van der Waals surface area contributed by atoms with Crippen LogP contribution < -0.4 is 16.0 Å². The summed E-state index contributed by atoms with van der Waals surface area (Å²) in [7, 11) is 0. The van der Waals surface area contributed by atoms with E-state index >= 15 is 0 Å². The monoisotopic (exact) mass is 412 g/mol. The Kier molecular flexibility index (Phi) is 6.28. The van der Waals surface area contributed by atoms with Crippen LogP contribution in [-0.2, 0) is 17.6 Å². The van der Waals surface area contributed by atoms with Gasteiger partial charge in [0.2, 0.25) is 5.91 Å². The Labute approximate surface area is 175 Å². The number of thiophene rings is 1. The lowest BCUT2D eigenvalue weighted by molar-refractivity contribution is -0.117. The number of nitrogens with zero attached hydrogens (tertiary/aromatic N) is 1. The second-order valence-electron chi connectivity index (χ2n) is 7.81. The third-order valence-corrected chi connectivity index (χ3v) is 6.71. The summed E-state index contributed by atoms with van der Waals surface area (Å²) in [6, 6.07) is 7.79. The van der Waals surface area contributed by atoms with E-state index in [9.17, 15) is 9.59 Å². The molecule has 2 aliphatic rings. The molecule has 0 unspecified atom stereocenters. The third-order valence-electron chi connectivity index (χ3n) is 5.50. The largest absolute Gasteiger partial charge is 0.322 e. The first-order valence-corrected chi connectivity index (χ1v) is 11.2. The van der Waals surface area contributed by atoms with Crippen LogP contribution in [0.25, 0.3) is 0 Å². The van der Waals surface area contributed by atoms with E-state index in [2.05, 4.69) is 20.9 Å². The maximum absolute atomic E-state index is 13.2. The van der Waals surface area contributed by atoms with Gasteiger partial charge in [-0.1, -0.05) is 12.1 Å². The van der Waals surface area contributed by atoms with Crippen molar-refractivity contribution in [1.82, 2.24) is 10.2 Å². The molecule has 0 saturated carbocycles. The highest BCUT2D eigenvalue weighted by Gasteiger charge is 2.27. The van der Waals surface area contributed by atoms with E-state index in [1.807, 2.05) is 31.2 Å². The minimum Gasteiger partial charge on any atom is -0.322 e. The molecule has 154 valence electrons. The van der Waals surface area contributed by atoms with Crippen molar-refractivity contribution in [2.45, 2.75) is 32.6 Å². The average molecular weight is 413 g/mol. The minimum atomic E-state index is -0.132. The van der Waals surface area contributed by atoms with Gasteiger partial charge in [-0.2, -0.15) is 0 Å². The van der Waals surface area contributed by atoms with Crippen LogP contribution in [0.2, 0.25) is 0 Å². The highest BCUT2D eigenvalue weighted by Crippen LogP contribution is 2.38. The lowest BCUT2D eigenvalue weighted by Crippen LogP contribution is -2.46. The third kappa shape index (κ3) is 4.86. The normalized spacial score (nSPS) is 16.9. The predicted octanol–water partition coefficient (Wildman–Crippen LogP) is 3.03. The molecule has 0 radical (unpaired) electrons. The van der Waals surface area contributed by atoms with Crippen molar-refractivity contribution in [3.05, 3.63) is 45.8 Å². The van der Waals surface area contributed by atoms with Crippen molar-refractivity contribution in [3.8, 4) is 0 Å². The van der Waals surface area contributed by atoms with E-state index in [0.29, 0.717) is 17.1 Å². The molecular weight excluding hydrogens is 384 g/mol. The number of rotatable bonds is 5. The Morgan fingerprint density at radius 2 is 1.93 bits per heavy atom. The van der Waals surface area contributed by atoms with Crippen LogP contribution in [0.4, 0.5) is 10.7 Å². The molecule has 7 heteroatoms. The van der Waals surface area contributed by atoms with Crippen molar-refractivity contribution < 1.29 is 9.59 Å². The summed E-state index contributed by atoms with van der Waals surface area (Å²) in [5.41, 5.74) is 3.65. The molecule has 0 bridgehead atoms. The summed E-state index contributed by atoms with van der Waals surface area (Å²) in [5.74, 6) is -0.178. The summed E-state index contributed by atoms with van der Waals surface area (Å²) in [6.07, 6.45) is 4.11. The van der Waals surface area contributed by atoms with Crippen molar-refractivity contribution in [2.75, 3.05) is 43.4 Å². The summed E-state index contributed by atoms with van der Waals surface area (Å²) in [4.78, 5) is 29.2. The summed E-state index contributed by atoms with van der Waals surface area (Å²) in [5, 5.41) is 10.1. The average Bonchev–Trinajstić information content (AvgIpc) is 3.06. The first-order valence-electron chi connectivity index (χ1n) is 10.4. The summed E-state index contributed by atoms with van der Waals surface area (Å²) < 4.78 is 0. The zero-order valence-electron chi connectivity index (χ0n) is 16.8. The van der Waals surface area contributed by atoms with Crippen molar-refractivity contribution in [3.63, 3.8) is 0 Å². The molecule has 1 saturated heterocycles. The van der Waals surface area contributed by atoms with Crippen LogP contribution >= 0.6 is 11.3 Å². The van der Waals surface area contributed by atoms with Crippen LogP contribution in [0.1, 0.15) is 39.2 Å². The van der Waals surface area contributed by atoms with Gasteiger partial charge < -0.3 is 16.0 Å². The maximum atomic E-state index is 13.2. The molecule has 2 amide bonds. The number of carbonyl (C=O) groups is 2. The Balaban J connectivity index is 1.54. The quantitative estimate of drug-likeness (QED) is 0.706.